The summed E-state index contributed by atoms with van der Waals surface area (Å²) in [4.78, 5) is 45.0. The summed E-state index contributed by atoms with van der Waals surface area (Å²) in [7, 11) is 0. The van der Waals surface area contributed by atoms with Crippen molar-refractivity contribution in [1.82, 2.24) is 0 Å². The molecule has 86 valence electrons. The van der Waals surface area contributed by atoms with Crippen LogP contribution in [0.2, 0.25) is 0 Å². The summed E-state index contributed by atoms with van der Waals surface area (Å²) in [6.07, 6.45) is 0. The predicted octanol–water partition coefficient (Wildman–Crippen LogP) is -1.49. The zero-order valence-electron chi connectivity index (χ0n) is 8.27. The van der Waals surface area contributed by atoms with Crippen molar-refractivity contribution in [2.24, 2.45) is 0 Å². The molecule has 0 spiro atoms. The molecule has 6 radical (unpaired) electrons. The Morgan fingerprint density at radius 3 is 0.312 bits per heavy atom. The Morgan fingerprint density at radius 2 is 0.312 bits per heavy atom. The first-order valence-electron chi connectivity index (χ1n) is 1.22. The molecular weight excluding hydrogens is 384 g/mol. The van der Waals surface area contributed by atoms with E-state index in [2.05, 4.69) is 40.7 Å². The Hall–Kier alpha value is -0.603. The van der Waals surface area contributed by atoms with E-state index in [1.165, 1.54) is 0 Å². The molecule has 0 aromatic heterocycles. The van der Waals surface area contributed by atoms with Gasteiger partial charge in [-0.1, -0.05) is 0 Å². The van der Waals surface area contributed by atoms with E-state index in [-0.39, 0.29) is 57.0 Å². The average Bonchev–Trinajstić information content (AvgIpc) is 2.33. The molecule has 0 rings (SSSR count). The van der Waals surface area contributed by atoms with Gasteiger partial charge in [-0.05, 0) is 0 Å². The van der Waals surface area contributed by atoms with E-state index in [1.54, 1.807) is 0 Å². The van der Waals surface area contributed by atoms with Crippen molar-refractivity contribution in [3.05, 3.63) is 14.9 Å². The third-order valence-corrected chi connectivity index (χ3v) is 0. The maximum absolute atomic E-state index is 7.50. The maximum atomic E-state index is 7.50. The summed E-state index contributed by atoms with van der Waals surface area (Å²) >= 11 is 0. The molecule has 0 fully saturated rings. The summed E-state index contributed by atoms with van der Waals surface area (Å²) < 4.78 is 0. The Balaban J connectivity index is -0.00000000321. The van der Waals surface area contributed by atoms with Crippen molar-refractivity contribution in [1.29, 1.82) is 0 Å². The van der Waals surface area contributed by atoms with Crippen LogP contribution in [0.15, 0.2) is 0 Å². The van der Waals surface area contributed by atoms with Crippen molar-refractivity contribution in [2.45, 2.75) is 0 Å². The second kappa shape index (κ2) is 7100. The average molecular weight is 390 g/mol. The first-order valence-corrected chi connectivity index (χ1v) is 1.22. The smallest absolute Gasteiger partial charge is 0.573 e. The Morgan fingerprint density at radius 1 is 0.312 bits per heavy atom. The van der Waals surface area contributed by atoms with Gasteiger partial charge in [0.15, 0.2) is 0 Å². The Labute approximate surface area is 126 Å². The minimum atomic E-state index is 0. The first kappa shape index (κ1) is 110. The van der Waals surface area contributed by atoms with Crippen molar-refractivity contribution >= 4 is 40.7 Å². The van der Waals surface area contributed by atoms with Crippen LogP contribution in [-0.4, -0.2) is 40.7 Å². The summed E-state index contributed by atoms with van der Waals surface area (Å²) in [5, 5.41) is 0. The standard InChI is InChI=1S/6CO.2CH3.2Mo/c6*1-2;;;;/h;;;;;;2*1H3;;/q8*-1;2*+4. The van der Waals surface area contributed by atoms with E-state index in [0.29, 0.717) is 0 Å². The Kier molecular flexibility index (Phi) is 48600. The van der Waals surface area contributed by atoms with Gasteiger partial charge in [0.25, 0.3) is 0 Å². The maximum Gasteiger partial charge on any atom is 4.00 e. The molecule has 0 bridgehead atoms. The van der Waals surface area contributed by atoms with Crippen LogP contribution in [0.4, 0.5) is 0 Å². The second-order valence-electron chi connectivity index (χ2n) is 0. The van der Waals surface area contributed by atoms with Crippen LogP contribution >= 0.6 is 0 Å². The van der Waals surface area contributed by atoms with Crippen LogP contribution in [0.25, 0.3) is 0 Å². The van der Waals surface area contributed by atoms with E-state index < -0.39 is 0 Å². The fraction of sp³-hybridized carbons (Fsp3) is 0. The molecule has 0 amide bonds. The minimum Gasteiger partial charge on any atom is -0.573 e. The molecular formula is C8H6Mo2O6. The van der Waals surface area contributed by atoms with Gasteiger partial charge in [0, 0.05) is 0 Å². The van der Waals surface area contributed by atoms with Crippen LogP contribution in [0.1, 0.15) is 0 Å². The number of hydrogen-bond donors (Lipinski definition) is 0. The quantitative estimate of drug-likeness (QED) is 0.369. The van der Waals surface area contributed by atoms with Gasteiger partial charge in [-0.15, -0.1) is 0 Å². The van der Waals surface area contributed by atoms with Gasteiger partial charge in [0.2, 0.25) is 0 Å². The van der Waals surface area contributed by atoms with Gasteiger partial charge < -0.3 is 84.4 Å². The predicted molar refractivity (Wildman–Crippen MR) is 47.0 cm³/mol. The van der Waals surface area contributed by atoms with Crippen molar-refractivity contribution in [3.8, 4) is 0 Å². The molecule has 0 aromatic rings. The van der Waals surface area contributed by atoms with Crippen molar-refractivity contribution < 1.29 is 70.9 Å². The van der Waals surface area contributed by atoms with Crippen molar-refractivity contribution in [3.63, 3.8) is 0 Å². The van der Waals surface area contributed by atoms with E-state index in [1.807, 2.05) is 0 Å². The topological polar surface area (TPSA) is 102 Å². The third-order valence-electron chi connectivity index (χ3n) is 0. The third kappa shape index (κ3) is 5650. The molecule has 0 aliphatic carbocycles. The van der Waals surface area contributed by atoms with Gasteiger partial charge in [-0.3, -0.25) is 0 Å². The molecule has 0 aromatic carbocycles. The van der Waals surface area contributed by atoms with Gasteiger partial charge in [0.1, 0.15) is 0 Å². The van der Waals surface area contributed by atoms with Crippen LogP contribution in [-0.2, 0) is 70.9 Å². The molecule has 6 nitrogen and oxygen atoms in total. The zero-order valence-corrected chi connectivity index (χ0v) is 12.3. The molecule has 0 heterocycles. The van der Waals surface area contributed by atoms with Crippen LogP contribution < -0.4 is 0 Å². The first-order chi connectivity index (χ1) is 6.00. The fourth-order valence-electron chi connectivity index (χ4n) is 0. The molecule has 0 saturated carbocycles. The van der Waals surface area contributed by atoms with Crippen LogP contribution in [0, 0.1) is 14.9 Å². The van der Waals surface area contributed by atoms with Gasteiger partial charge in [0.05, 0.1) is 0 Å². The van der Waals surface area contributed by atoms with Gasteiger partial charge in [-0.2, -0.15) is 0 Å². The number of rotatable bonds is 0. The second-order valence-corrected chi connectivity index (χ2v) is 0. The van der Waals surface area contributed by atoms with Crippen LogP contribution in [0.5, 0.6) is 0 Å². The van der Waals surface area contributed by atoms with Gasteiger partial charge >= 0.3 is 42.1 Å². The van der Waals surface area contributed by atoms with E-state index >= 15 is 0 Å². The molecule has 0 unspecified atom stereocenters. The molecule has 0 atom stereocenters. The number of carbonyl (C=O) groups excluding carboxylic acids is 6. The largest absolute Gasteiger partial charge is 4.00 e. The molecule has 0 aliphatic rings. The molecule has 8 heteroatoms. The summed E-state index contributed by atoms with van der Waals surface area (Å²) in [6.45, 7) is 27.0. The summed E-state index contributed by atoms with van der Waals surface area (Å²) in [6, 6.07) is 0. The minimum absolute atomic E-state index is 0. The van der Waals surface area contributed by atoms with E-state index in [9.17, 15) is 0 Å². The van der Waals surface area contributed by atoms with E-state index in [4.69, 9.17) is 28.8 Å². The summed E-state index contributed by atoms with van der Waals surface area (Å²) in [5.41, 5.74) is 0. The van der Waals surface area contributed by atoms with Crippen LogP contribution in [0.3, 0.4) is 0 Å². The molecule has 0 aliphatic heterocycles. The molecule has 16 heavy (non-hydrogen) atoms. The summed E-state index contributed by atoms with van der Waals surface area (Å²) in [5.74, 6) is 0. The SMILES string of the molecule is [C-]=O.[C-]=O.[C-]=O.[C-]=O.[C-]=O.[C-]=O.[CH3-].[CH3-].[Mo+4].[Mo+4]. The molecule has 0 saturated heterocycles. The van der Waals surface area contributed by atoms with Crippen molar-refractivity contribution in [2.75, 3.05) is 0 Å². The normalized spacial score (nSPS) is 1.50. The number of hydrogen-bond acceptors (Lipinski definition) is 6. The monoisotopic (exact) mass is 394 g/mol. The zero-order chi connectivity index (χ0) is 12.0. The van der Waals surface area contributed by atoms with Gasteiger partial charge in [-0.25, -0.2) is 0 Å². The fourth-order valence-corrected chi connectivity index (χ4v) is 0. The van der Waals surface area contributed by atoms with E-state index in [0.717, 1.165) is 0 Å². The Bertz CT molecular complexity index is 38.0. The molecule has 0 N–H and O–H groups in total.